The van der Waals surface area contributed by atoms with Crippen LogP contribution < -0.4 is 0 Å². The van der Waals surface area contributed by atoms with Crippen LogP contribution in [0.1, 0.15) is 37.7 Å². The molecule has 1 atom stereocenters. The van der Waals surface area contributed by atoms with E-state index in [1.807, 2.05) is 31.2 Å². The first-order valence-electron chi connectivity index (χ1n) is 5.81. The molecule has 0 unspecified atom stereocenters. The van der Waals surface area contributed by atoms with E-state index >= 15 is 0 Å². The first kappa shape index (κ1) is 15.3. The van der Waals surface area contributed by atoms with E-state index in [2.05, 4.69) is 22.5 Å². The number of rotatable bonds is 5. The van der Waals surface area contributed by atoms with Gasteiger partial charge >= 0.3 is 6.18 Å². The van der Waals surface area contributed by atoms with Gasteiger partial charge in [0.1, 0.15) is 0 Å². The SMILES string of the molecule is C=C(CCC[C@@H](C)c1ccc(Br)cc1)C(F)(F)F. The molecular weight excluding hydrogens is 305 g/mol. The lowest BCUT2D eigenvalue weighted by atomic mass is 9.94. The number of allylic oxidation sites excluding steroid dienone is 1. The van der Waals surface area contributed by atoms with Crippen molar-refractivity contribution < 1.29 is 13.2 Å². The number of alkyl halides is 3. The Morgan fingerprint density at radius 1 is 1.28 bits per heavy atom. The van der Waals surface area contributed by atoms with E-state index in [1.165, 1.54) is 0 Å². The molecule has 0 N–H and O–H groups in total. The predicted molar refractivity (Wildman–Crippen MR) is 71.6 cm³/mol. The Bertz CT molecular complexity index is 392. The molecule has 0 saturated heterocycles. The smallest absolute Gasteiger partial charge is 0.167 e. The summed E-state index contributed by atoms with van der Waals surface area (Å²) in [4.78, 5) is 0. The van der Waals surface area contributed by atoms with Gasteiger partial charge in [0.25, 0.3) is 0 Å². The monoisotopic (exact) mass is 320 g/mol. The van der Waals surface area contributed by atoms with Crippen LogP contribution >= 0.6 is 15.9 Å². The zero-order valence-electron chi connectivity index (χ0n) is 10.2. The van der Waals surface area contributed by atoms with Gasteiger partial charge in [0.05, 0.1) is 0 Å². The maximum atomic E-state index is 12.2. The third-order valence-electron chi connectivity index (χ3n) is 2.96. The van der Waals surface area contributed by atoms with E-state index in [4.69, 9.17) is 0 Å². The van der Waals surface area contributed by atoms with Crippen molar-refractivity contribution in [1.82, 2.24) is 0 Å². The van der Waals surface area contributed by atoms with Crippen LogP contribution in [0.15, 0.2) is 40.9 Å². The molecular formula is C14H16BrF3. The van der Waals surface area contributed by atoms with Gasteiger partial charge in [0.2, 0.25) is 0 Å². The van der Waals surface area contributed by atoms with Gasteiger partial charge in [-0.05, 0) is 42.9 Å². The van der Waals surface area contributed by atoms with Crippen LogP contribution in [0, 0.1) is 0 Å². The molecule has 0 fully saturated rings. The van der Waals surface area contributed by atoms with Crippen LogP contribution in [0.25, 0.3) is 0 Å². The number of halogens is 4. The normalized spacial score (nSPS) is 13.4. The molecule has 0 aliphatic rings. The van der Waals surface area contributed by atoms with Crippen molar-refractivity contribution >= 4 is 15.9 Å². The van der Waals surface area contributed by atoms with Gasteiger partial charge < -0.3 is 0 Å². The molecule has 0 saturated carbocycles. The van der Waals surface area contributed by atoms with Crippen LogP contribution in [0.4, 0.5) is 13.2 Å². The maximum Gasteiger partial charge on any atom is 0.412 e. The molecule has 0 bridgehead atoms. The van der Waals surface area contributed by atoms with Crippen LogP contribution in [-0.4, -0.2) is 6.18 Å². The largest absolute Gasteiger partial charge is 0.412 e. The molecule has 0 aromatic heterocycles. The summed E-state index contributed by atoms with van der Waals surface area (Å²) in [5, 5.41) is 0. The average molecular weight is 321 g/mol. The van der Waals surface area contributed by atoms with Crippen LogP contribution in [0.2, 0.25) is 0 Å². The molecule has 0 heterocycles. The van der Waals surface area contributed by atoms with Crippen molar-refractivity contribution in [2.24, 2.45) is 0 Å². The van der Waals surface area contributed by atoms with E-state index in [1.54, 1.807) is 0 Å². The Balaban J connectivity index is 2.40. The summed E-state index contributed by atoms with van der Waals surface area (Å²) in [7, 11) is 0. The fourth-order valence-electron chi connectivity index (χ4n) is 1.72. The fraction of sp³-hybridized carbons (Fsp3) is 0.429. The minimum atomic E-state index is -4.25. The molecule has 1 rings (SSSR count). The minimum absolute atomic E-state index is 0.0182. The lowest BCUT2D eigenvalue weighted by molar-refractivity contribution is -0.0937. The summed E-state index contributed by atoms with van der Waals surface area (Å²) in [6.07, 6.45) is -2.99. The summed E-state index contributed by atoms with van der Waals surface area (Å²) in [6, 6.07) is 7.88. The Hall–Kier alpha value is -0.770. The Kier molecular flexibility index (Phi) is 5.45. The molecule has 0 aliphatic carbocycles. The summed E-state index contributed by atoms with van der Waals surface area (Å²) < 4.78 is 37.7. The van der Waals surface area contributed by atoms with Gasteiger partial charge in [-0.3, -0.25) is 0 Å². The fourth-order valence-corrected chi connectivity index (χ4v) is 1.99. The third-order valence-corrected chi connectivity index (χ3v) is 3.48. The first-order chi connectivity index (χ1) is 8.30. The standard InChI is InChI=1S/C14H16BrF3/c1-10(12-6-8-13(15)9-7-12)4-3-5-11(2)14(16,17)18/h6-10H,2-5H2,1H3/t10-/m1/s1. The van der Waals surface area contributed by atoms with Gasteiger partial charge in [-0.25, -0.2) is 0 Å². The third kappa shape index (κ3) is 4.84. The molecule has 1 aromatic carbocycles. The van der Waals surface area contributed by atoms with Crippen LogP contribution in [0.5, 0.6) is 0 Å². The van der Waals surface area contributed by atoms with E-state index < -0.39 is 11.7 Å². The van der Waals surface area contributed by atoms with Crippen molar-refractivity contribution in [3.8, 4) is 0 Å². The summed E-state index contributed by atoms with van der Waals surface area (Å²) in [5.41, 5.74) is 0.515. The molecule has 100 valence electrons. The highest BCUT2D eigenvalue weighted by molar-refractivity contribution is 9.10. The maximum absolute atomic E-state index is 12.2. The quantitative estimate of drug-likeness (QED) is 0.598. The second-order valence-electron chi connectivity index (χ2n) is 4.45. The van der Waals surface area contributed by atoms with Gasteiger partial charge in [0, 0.05) is 10.0 Å². The average Bonchev–Trinajstić information content (AvgIpc) is 2.28. The van der Waals surface area contributed by atoms with Crippen LogP contribution in [-0.2, 0) is 0 Å². The van der Waals surface area contributed by atoms with E-state index in [-0.39, 0.29) is 12.3 Å². The van der Waals surface area contributed by atoms with Gasteiger partial charge in [-0.2, -0.15) is 13.2 Å². The van der Waals surface area contributed by atoms with E-state index in [0.29, 0.717) is 6.42 Å². The summed E-state index contributed by atoms with van der Waals surface area (Å²) in [5.74, 6) is 0.263. The Morgan fingerprint density at radius 3 is 2.33 bits per heavy atom. The van der Waals surface area contributed by atoms with Crippen molar-refractivity contribution in [1.29, 1.82) is 0 Å². The predicted octanol–water partition coefficient (Wildman–Crippen LogP) is 5.84. The molecule has 0 aliphatic heterocycles. The van der Waals surface area contributed by atoms with Gasteiger partial charge in [-0.15, -0.1) is 0 Å². The highest BCUT2D eigenvalue weighted by Crippen LogP contribution is 2.30. The summed E-state index contributed by atoms with van der Waals surface area (Å²) >= 11 is 3.35. The molecule has 0 amide bonds. The van der Waals surface area contributed by atoms with Crippen molar-refractivity contribution in [2.75, 3.05) is 0 Å². The highest BCUT2D eigenvalue weighted by atomic mass is 79.9. The molecule has 0 spiro atoms. The molecule has 1 aromatic rings. The van der Waals surface area contributed by atoms with Gasteiger partial charge in [-0.1, -0.05) is 41.6 Å². The number of benzene rings is 1. The first-order valence-corrected chi connectivity index (χ1v) is 6.60. The number of hydrogen-bond acceptors (Lipinski definition) is 0. The van der Waals surface area contributed by atoms with Crippen molar-refractivity contribution in [3.05, 3.63) is 46.5 Å². The number of hydrogen-bond donors (Lipinski definition) is 0. The molecule has 0 radical (unpaired) electrons. The second-order valence-corrected chi connectivity index (χ2v) is 5.36. The topological polar surface area (TPSA) is 0 Å². The van der Waals surface area contributed by atoms with E-state index in [9.17, 15) is 13.2 Å². The minimum Gasteiger partial charge on any atom is -0.167 e. The zero-order chi connectivity index (χ0) is 13.8. The highest BCUT2D eigenvalue weighted by Gasteiger charge is 2.30. The van der Waals surface area contributed by atoms with Crippen molar-refractivity contribution in [2.45, 2.75) is 38.3 Å². The Morgan fingerprint density at radius 2 is 1.83 bits per heavy atom. The van der Waals surface area contributed by atoms with Crippen molar-refractivity contribution in [3.63, 3.8) is 0 Å². The lowest BCUT2D eigenvalue weighted by Gasteiger charge is -2.13. The van der Waals surface area contributed by atoms with Crippen LogP contribution in [0.3, 0.4) is 0 Å². The Labute approximate surface area is 114 Å². The van der Waals surface area contributed by atoms with E-state index in [0.717, 1.165) is 16.5 Å². The summed E-state index contributed by atoms with van der Waals surface area (Å²) in [6.45, 7) is 5.10. The lowest BCUT2D eigenvalue weighted by Crippen LogP contribution is -2.10. The zero-order valence-corrected chi connectivity index (χ0v) is 11.8. The molecule has 4 heteroatoms. The molecule has 18 heavy (non-hydrogen) atoms. The molecule has 0 nitrogen and oxygen atoms in total. The van der Waals surface area contributed by atoms with Gasteiger partial charge in [0.15, 0.2) is 0 Å². The second kappa shape index (κ2) is 6.41.